The van der Waals surface area contributed by atoms with E-state index >= 15 is 0 Å². The monoisotopic (exact) mass is 358 g/mol. The zero-order valence-corrected chi connectivity index (χ0v) is 14.7. The van der Waals surface area contributed by atoms with Crippen LogP contribution in [-0.4, -0.2) is 63.8 Å². The Balaban J connectivity index is 1.57. The molecule has 3 aliphatic rings. The SMILES string of the molecule is CN1CCC(O)(c2ccc3c(n2)CN(C2CCC(=O)NC2=O)C3=O)CC1. The number of nitrogens with zero attached hydrogens (tertiary/aromatic N) is 3. The molecule has 0 bridgehead atoms. The summed E-state index contributed by atoms with van der Waals surface area (Å²) in [5.41, 5.74) is 0.661. The van der Waals surface area contributed by atoms with Gasteiger partial charge in [0.15, 0.2) is 0 Å². The first-order chi connectivity index (χ1) is 12.4. The van der Waals surface area contributed by atoms with Crippen LogP contribution in [0.2, 0.25) is 0 Å². The van der Waals surface area contributed by atoms with Crippen LogP contribution in [-0.2, 0) is 21.7 Å². The van der Waals surface area contributed by atoms with Gasteiger partial charge in [0, 0.05) is 19.5 Å². The average molecular weight is 358 g/mol. The number of hydrogen-bond donors (Lipinski definition) is 2. The highest BCUT2D eigenvalue weighted by molar-refractivity contribution is 6.05. The van der Waals surface area contributed by atoms with Crippen molar-refractivity contribution in [1.29, 1.82) is 0 Å². The lowest BCUT2D eigenvalue weighted by molar-refractivity contribution is -0.136. The van der Waals surface area contributed by atoms with Crippen LogP contribution in [0.5, 0.6) is 0 Å². The maximum atomic E-state index is 12.7. The Labute approximate surface area is 151 Å². The summed E-state index contributed by atoms with van der Waals surface area (Å²) in [7, 11) is 2.02. The fraction of sp³-hybridized carbons (Fsp3) is 0.556. The summed E-state index contributed by atoms with van der Waals surface area (Å²) in [6.07, 6.45) is 1.75. The molecule has 2 N–H and O–H groups in total. The first kappa shape index (κ1) is 17.1. The molecule has 0 saturated carbocycles. The van der Waals surface area contributed by atoms with Crippen LogP contribution < -0.4 is 5.32 Å². The van der Waals surface area contributed by atoms with Gasteiger partial charge < -0.3 is 14.9 Å². The molecule has 8 nitrogen and oxygen atoms in total. The summed E-state index contributed by atoms with van der Waals surface area (Å²) in [6.45, 7) is 1.80. The molecular formula is C18H22N4O4. The highest BCUT2D eigenvalue weighted by Crippen LogP contribution is 2.34. The molecule has 3 amide bonds. The van der Waals surface area contributed by atoms with Gasteiger partial charge in [-0.1, -0.05) is 0 Å². The minimum atomic E-state index is -0.980. The molecule has 1 atom stereocenters. The molecule has 8 heteroatoms. The lowest BCUT2D eigenvalue weighted by Crippen LogP contribution is -2.52. The van der Waals surface area contributed by atoms with Gasteiger partial charge in [-0.05, 0) is 38.4 Å². The zero-order valence-electron chi connectivity index (χ0n) is 14.7. The van der Waals surface area contributed by atoms with E-state index in [0.717, 1.165) is 13.1 Å². The smallest absolute Gasteiger partial charge is 0.256 e. The minimum absolute atomic E-state index is 0.225. The summed E-state index contributed by atoms with van der Waals surface area (Å²) >= 11 is 0. The average Bonchev–Trinajstić information content (AvgIpc) is 2.94. The highest BCUT2D eigenvalue weighted by Gasteiger charge is 2.41. The number of nitrogens with one attached hydrogen (secondary N) is 1. The number of fused-ring (bicyclic) bond motifs is 1. The summed E-state index contributed by atoms with van der Waals surface area (Å²) in [5, 5.41) is 13.2. The van der Waals surface area contributed by atoms with E-state index in [1.165, 1.54) is 4.90 Å². The second kappa shape index (κ2) is 6.14. The second-order valence-corrected chi connectivity index (χ2v) is 7.43. The van der Waals surface area contributed by atoms with Crippen LogP contribution >= 0.6 is 0 Å². The van der Waals surface area contributed by atoms with Crippen LogP contribution in [0.25, 0.3) is 0 Å². The maximum absolute atomic E-state index is 12.7. The highest BCUT2D eigenvalue weighted by atomic mass is 16.3. The number of imide groups is 1. The summed E-state index contributed by atoms with van der Waals surface area (Å²) < 4.78 is 0. The van der Waals surface area contributed by atoms with Crippen LogP contribution in [0.3, 0.4) is 0 Å². The van der Waals surface area contributed by atoms with Gasteiger partial charge in [0.1, 0.15) is 11.6 Å². The number of amides is 3. The third kappa shape index (κ3) is 2.79. The van der Waals surface area contributed by atoms with Gasteiger partial charge >= 0.3 is 0 Å². The van der Waals surface area contributed by atoms with Crippen LogP contribution in [0, 0.1) is 0 Å². The Morgan fingerprint density at radius 1 is 1.23 bits per heavy atom. The Hall–Kier alpha value is -2.32. The van der Waals surface area contributed by atoms with E-state index in [2.05, 4.69) is 15.2 Å². The van der Waals surface area contributed by atoms with Gasteiger partial charge in [0.25, 0.3) is 5.91 Å². The molecule has 0 aromatic carbocycles. The molecule has 138 valence electrons. The number of hydrogen-bond acceptors (Lipinski definition) is 6. The lowest BCUT2D eigenvalue weighted by atomic mass is 9.87. The Morgan fingerprint density at radius 3 is 2.65 bits per heavy atom. The van der Waals surface area contributed by atoms with Crippen molar-refractivity contribution in [3.8, 4) is 0 Å². The minimum Gasteiger partial charge on any atom is -0.383 e. The normalized spacial score (nSPS) is 26.0. The third-order valence-corrected chi connectivity index (χ3v) is 5.66. The van der Waals surface area contributed by atoms with Gasteiger partial charge in [-0.15, -0.1) is 0 Å². The number of likely N-dealkylation sites (tertiary alicyclic amines) is 1. The van der Waals surface area contributed by atoms with E-state index in [4.69, 9.17) is 0 Å². The summed E-state index contributed by atoms with van der Waals surface area (Å²) in [6, 6.07) is 2.77. The Morgan fingerprint density at radius 2 is 1.96 bits per heavy atom. The van der Waals surface area contributed by atoms with E-state index in [0.29, 0.717) is 36.2 Å². The van der Waals surface area contributed by atoms with Crippen LogP contribution in [0.4, 0.5) is 0 Å². The van der Waals surface area contributed by atoms with Crippen molar-refractivity contribution in [1.82, 2.24) is 20.1 Å². The standard InChI is InChI=1S/C18H22N4O4/c1-21-8-6-18(26,7-9-21)14-4-2-11-12(19-14)10-22(17(11)25)13-3-5-15(23)20-16(13)24/h2,4,13,26H,3,5-10H2,1H3,(H,20,23,24). The number of rotatable bonds is 2. The molecule has 1 aromatic heterocycles. The van der Waals surface area contributed by atoms with Crippen molar-refractivity contribution < 1.29 is 19.5 Å². The fourth-order valence-corrected chi connectivity index (χ4v) is 3.94. The molecule has 4 rings (SSSR count). The molecule has 0 aliphatic carbocycles. The van der Waals surface area contributed by atoms with Crippen molar-refractivity contribution in [2.45, 2.75) is 43.9 Å². The van der Waals surface area contributed by atoms with E-state index in [-0.39, 0.29) is 24.8 Å². The van der Waals surface area contributed by atoms with Gasteiger partial charge in [-0.3, -0.25) is 24.7 Å². The van der Waals surface area contributed by atoms with E-state index in [9.17, 15) is 19.5 Å². The van der Waals surface area contributed by atoms with E-state index in [1.807, 2.05) is 7.05 Å². The molecule has 2 saturated heterocycles. The number of aromatic nitrogens is 1. The lowest BCUT2D eigenvalue weighted by Gasteiger charge is -2.36. The van der Waals surface area contributed by atoms with Gasteiger partial charge in [-0.2, -0.15) is 0 Å². The zero-order chi connectivity index (χ0) is 18.5. The molecule has 3 aliphatic heterocycles. The van der Waals surface area contributed by atoms with Crippen molar-refractivity contribution in [3.05, 3.63) is 29.1 Å². The number of carbonyl (C=O) groups is 3. The van der Waals surface area contributed by atoms with Crippen molar-refractivity contribution in [2.75, 3.05) is 20.1 Å². The number of piperidine rings is 2. The first-order valence-electron chi connectivity index (χ1n) is 8.93. The number of pyridine rings is 1. The number of carbonyl (C=O) groups excluding carboxylic acids is 3. The maximum Gasteiger partial charge on any atom is 0.256 e. The van der Waals surface area contributed by atoms with Gasteiger partial charge in [-0.25, -0.2) is 0 Å². The van der Waals surface area contributed by atoms with Crippen molar-refractivity contribution in [2.24, 2.45) is 0 Å². The van der Waals surface area contributed by atoms with Gasteiger partial charge in [0.05, 0.1) is 23.5 Å². The van der Waals surface area contributed by atoms with Crippen molar-refractivity contribution in [3.63, 3.8) is 0 Å². The predicted octanol–water partition coefficient (Wildman–Crippen LogP) is -0.244. The molecule has 4 heterocycles. The Kier molecular flexibility index (Phi) is 4.04. The number of aliphatic hydroxyl groups is 1. The molecule has 1 unspecified atom stereocenters. The third-order valence-electron chi connectivity index (χ3n) is 5.66. The van der Waals surface area contributed by atoms with Gasteiger partial charge in [0.2, 0.25) is 11.8 Å². The van der Waals surface area contributed by atoms with E-state index in [1.54, 1.807) is 12.1 Å². The summed E-state index contributed by atoms with van der Waals surface area (Å²) in [4.78, 5) is 44.3. The topological polar surface area (TPSA) is 103 Å². The molecule has 0 spiro atoms. The first-order valence-corrected chi connectivity index (χ1v) is 8.93. The fourth-order valence-electron chi connectivity index (χ4n) is 3.94. The molecule has 0 radical (unpaired) electrons. The largest absolute Gasteiger partial charge is 0.383 e. The molecule has 1 aromatic rings. The molecular weight excluding hydrogens is 336 g/mol. The van der Waals surface area contributed by atoms with Crippen LogP contribution in [0.15, 0.2) is 12.1 Å². The molecule has 26 heavy (non-hydrogen) atoms. The molecule has 2 fully saturated rings. The van der Waals surface area contributed by atoms with E-state index < -0.39 is 17.6 Å². The second-order valence-electron chi connectivity index (χ2n) is 7.43. The quantitative estimate of drug-likeness (QED) is 0.707. The Bertz CT molecular complexity index is 785. The van der Waals surface area contributed by atoms with Crippen molar-refractivity contribution >= 4 is 17.7 Å². The summed E-state index contributed by atoms with van der Waals surface area (Å²) in [5.74, 6) is -0.985. The van der Waals surface area contributed by atoms with Crippen LogP contribution in [0.1, 0.15) is 47.4 Å². The predicted molar refractivity (Wildman–Crippen MR) is 90.9 cm³/mol.